The molecule has 1 atom stereocenters. The maximum Gasteiger partial charge on any atom is 0.235 e. The second-order valence-corrected chi connectivity index (χ2v) is 7.86. The zero-order chi connectivity index (χ0) is 19.4. The number of nitrogens with zero attached hydrogens (tertiary/aromatic N) is 5. The lowest BCUT2D eigenvalue weighted by molar-refractivity contribution is -0.129. The molecule has 3 aromatic rings. The summed E-state index contributed by atoms with van der Waals surface area (Å²) < 4.78 is 1.72. The lowest BCUT2D eigenvalue weighted by Crippen LogP contribution is -2.33. The van der Waals surface area contributed by atoms with Crippen LogP contribution in [0.5, 0.6) is 0 Å². The summed E-state index contributed by atoms with van der Waals surface area (Å²) in [5.41, 5.74) is 4.24. The minimum absolute atomic E-state index is 0.0416. The molecule has 0 bridgehead atoms. The van der Waals surface area contributed by atoms with Gasteiger partial charge in [-0.3, -0.25) is 4.79 Å². The second-order valence-electron chi connectivity index (χ2n) is 6.55. The Balaban J connectivity index is 1.74. The van der Waals surface area contributed by atoms with Gasteiger partial charge >= 0.3 is 0 Å². The first kappa shape index (κ1) is 19.1. The van der Waals surface area contributed by atoms with Crippen molar-refractivity contribution < 1.29 is 4.79 Å². The number of amides is 1. The summed E-state index contributed by atoms with van der Waals surface area (Å²) in [5, 5.41) is 12.4. The number of aromatic nitrogens is 4. The Labute approximate surface area is 163 Å². The molecule has 0 fully saturated rings. The van der Waals surface area contributed by atoms with Gasteiger partial charge in [-0.1, -0.05) is 60.3 Å². The maximum absolute atomic E-state index is 12.8. The predicted octanol–water partition coefficient (Wildman–Crippen LogP) is 3.42. The molecule has 6 nitrogen and oxygen atoms in total. The fraction of sp³-hybridized carbons (Fsp3) is 0.300. The van der Waals surface area contributed by atoms with Crippen molar-refractivity contribution in [1.29, 1.82) is 0 Å². The van der Waals surface area contributed by atoms with Gasteiger partial charge in [0.25, 0.3) is 0 Å². The number of thioether (sulfide) groups is 1. The number of aryl methyl sites for hydroxylation is 2. The Bertz CT molecular complexity index is 905. The third kappa shape index (κ3) is 4.36. The van der Waals surface area contributed by atoms with Gasteiger partial charge in [0.05, 0.1) is 10.9 Å². The fourth-order valence-corrected chi connectivity index (χ4v) is 3.89. The van der Waals surface area contributed by atoms with E-state index in [0.29, 0.717) is 11.7 Å². The summed E-state index contributed by atoms with van der Waals surface area (Å²) >= 11 is 1.37. The normalized spacial score (nSPS) is 12.0. The first-order chi connectivity index (χ1) is 13.0. The average Bonchev–Trinajstić information content (AvgIpc) is 3.09. The molecule has 0 aliphatic heterocycles. The molecule has 0 saturated carbocycles. The van der Waals surface area contributed by atoms with Gasteiger partial charge in [-0.25, -0.2) is 0 Å². The Morgan fingerprint density at radius 2 is 1.78 bits per heavy atom. The van der Waals surface area contributed by atoms with Crippen LogP contribution in [-0.2, 0) is 11.3 Å². The van der Waals surface area contributed by atoms with Gasteiger partial charge in [0.15, 0.2) is 0 Å². The van der Waals surface area contributed by atoms with E-state index < -0.39 is 0 Å². The number of rotatable bonds is 6. The molecule has 0 aliphatic carbocycles. The molecule has 0 spiro atoms. The van der Waals surface area contributed by atoms with Gasteiger partial charge in [-0.05, 0) is 47.9 Å². The highest BCUT2D eigenvalue weighted by Crippen LogP contribution is 2.27. The average molecular weight is 382 g/mol. The van der Waals surface area contributed by atoms with Crippen LogP contribution in [0.25, 0.3) is 5.69 Å². The molecule has 0 radical (unpaired) electrons. The van der Waals surface area contributed by atoms with E-state index in [4.69, 9.17) is 0 Å². The molecule has 140 valence electrons. The second kappa shape index (κ2) is 8.35. The van der Waals surface area contributed by atoms with E-state index in [1.54, 1.807) is 9.58 Å². The van der Waals surface area contributed by atoms with Crippen molar-refractivity contribution >= 4 is 17.7 Å². The van der Waals surface area contributed by atoms with Crippen molar-refractivity contribution in [3.8, 4) is 5.69 Å². The highest BCUT2D eigenvalue weighted by Gasteiger charge is 2.23. The molecule has 27 heavy (non-hydrogen) atoms. The SMILES string of the molecule is Cc1cccc(C)c1-n1nnnc1S[C@H](C)C(=O)N(C)Cc1ccccc1. The third-order valence-electron chi connectivity index (χ3n) is 4.36. The molecule has 3 rings (SSSR count). The number of tetrazole rings is 1. The largest absolute Gasteiger partial charge is 0.340 e. The number of hydrogen-bond donors (Lipinski definition) is 0. The van der Waals surface area contributed by atoms with Crippen LogP contribution in [0.3, 0.4) is 0 Å². The molecule has 1 heterocycles. The lowest BCUT2D eigenvalue weighted by atomic mass is 10.1. The minimum Gasteiger partial charge on any atom is -0.340 e. The molecule has 7 heteroatoms. The number of benzene rings is 2. The van der Waals surface area contributed by atoms with Gasteiger partial charge < -0.3 is 4.90 Å². The highest BCUT2D eigenvalue weighted by molar-refractivity contribution is 8.00. The van der Waals surface area contributed by atoms with Crippen LogP contribution in [-0.4, -0.2) is 43.3 Å². The number of carbonyl (C=O) groups is 1. The Hall–Kier alpha value is -2.67. The van der Waals surface area contributed by atoms with E-state index in [0.717, 1.165) is 22.4 Å². The van der Waals surface area contributed by atoms with Gasteiger partial charge in [0, 0.05) is 13.6 Å². The number of carbonyl (C=O) groups excluding carboxylic acids is 1. The topological polar surface area (TPSA) is 63.9 Å². The Morgan fingerprint density at radius 1 is 1.11 bits per heavy atom. The summed E-state index contributed by atoms with van der Waals surface area (Å²) in [6, 6.07) is 16.0. The molecule has 0 N–H and O–H groups in total. The number of hydrogen-bond acceptors (Lipinski definition) is 5. The van der Waals surface area contributed by atoms with Gasteiger partial charge in [0.1, 0.15) is 0 Å². The molecule has 1 aromatic heterocycles. The van der Waals surface area contributed by atoms with Crippen molar-refractivity contribution in [2.45, 2.75) is 37.7 Å². The quantitative estimate of drug-likeness (QED) is 0.612. The van der Waals surface area contributed by atoms with Crippen molar-refractivity contribution in [2.24, 2.45) is 0 Å². The number of para-hydroxylation sites is 1. The van der Waals surface area contributed by atoms with E-state index in [-0.39, 0.29) is 11.2 Å². The first-order valence-electron chi connectivity index (χ1n) is 8.78. The van der Waals surface area contributed by atoms with Crippen LogP contribution < -0.4 is 0 Å². The molecule has 0 aliphatic rings. The highest BCUT2D eigenvalue weighted by atomic mass is 32.2. The molecular formula is C20H23N5OS. The van der Waals surface area contributed by atoms with Crippen LogP contribution in [0.2, 0.25) is 0 Å². The third-order valence-corrected chi connectivity index (χ3v) is 5.38. The zero-order valence-corrected chi connectivity index (χ0v) is 16.8. The van der Waals surface area contributed by atoms with Crippen molar-refractivity contribution in [1.82, 2.24) is 25.1 Å². The van der Waals surface area contributed by atoms with E-state index in [2.05, 4.69) is 15.5 Å². The molecule has 2 aromatic carbocycles. The van der Waals surface area contributed by atoms with Gasteiger partial charge in [0.2, 0.25) is 11.1 Å². The first-order valence-corrected chi connectivity index (χ1v) is 9.66. The molecule has 0 unspecified atom stereocenters. The van der Waals surface area contributed by atoms with Crippen LogP contribution in [0.15, 0.2) is 53.7 Å². The van der Waals surface area contributed by atoms with E-state index in [1.807, 2.05) is 76.3 Å². The summed E-state index contributed by atoms with van der Waals surface area (Å²) in [7, 11) is 1.82. The van der Waals surface area contributed by atoms with Crippen molar-refractivity contribution in [2.75, 3.05) is 7.05 Å². The molecule has 1 amide bonds. The predicted molar refractivity (Wildman–Crippen MR) is 107 cm³/mol. The van der Waals surface area contributed by atoms with E-state index >= 15 is 0 Å². The standard InChI is InChI=1S/C20H23N5OS/c1-14-9-8-10-15(2)18(14)25-20(21-22-23-25)27-16(3)19(26)24(4)13-17-11-6-5-7-12-17/h5-12,16H,13H2,1-4H3/t16-/m1/s1. The maximum atomic E-state index is 12.8. The summed E-state index contributed by atoms with van der Waals surface area (Å²) in [4.78, 5) is 14.5. The van der Waals surface area contributed by atoms with Crippen molar-refractivity contribution in [3.05, 3.63) is 65.2 Å². The summed E-state index contributed by atoms with van der Waals surface area (Å²) in [5.74, 6) is 0.0416. The fourth-order valence-electron chi connectivity index (χ4n) is 2.99. The van der Waals surface area contributed by atoms with E-state index in [9.17, 15) is 4.79 Å². The van der Waals surface area contributed by atoms with Crippen LogP contribution >= 0.6 is 11.8 Å². The summed E-state index contributed by atoms with van der Waals surface area (Å²) in [6.45, 7) is 6.52. The minimum atomic E-state index is -0.298. The zero-order valence-electron chi connectivity index (χ0n) is 16.0. The monoisotopic (exact) mass is 381 g/mol. The molecule has 0 saturated heterocycles. The lowest BCUT2D eigenvalue weighted by Gasteiger charge is -2.21. The van der Waals surface area contributed by atoms with Gasteiger partial charge in [-0.2, -0.15) is 4.68 Å². The Kier molecular flexibility index (Phi) is 5.91. The smallest absolute Gasteiger partial charge is 0.235 e. The van der Waals surface area contributed by atoms with Crippen LogP contribution in [0.1, 0.15) is 23.6 Å². The van der Waals surface area contributed by atoms with Crippen molar-refractivity contribution in [3.63, 3.8) is 0 Å². The summed E-state index contributed by atoms with van der Waals surface area (Å²) in [6.07, 6.45) is 0. The molecular weight excluding hydrogens is 358 g/mol. The van der Waals surface area contributed by atoms with Crippen LogP contribution in [0, 0.1) is 13.8 Å². The Morgan fingerprint density at radius 3 is 2.44 bits per heavy atom. The van der Waals surface area contributed by atoms with Gasteiger partial charge in [-0.15, -0.1) is 5.10 Å². The van der Waals surface area contributed by atoms with Crippen LogP contribution in [0.4, 0.5) is 0 Å². The van der Waals surface area contributed by atoms with E-state index in [1.165, 1.54) is 11.8 Å².